The van der Waals surface area contributed by atoms with Gasteiger partial charge in [0, 0.05) is 10.6 Å². The van der Waals surface area contributed by atoms with E-state index in [0.717, 1.165) is 4.90 Å². The number of aryl methyl sites for hydroxylation is 1. The van der Waals surface area contributed by atoms with E-state index in [1.54, 1.807) is 31.2 Å². The van der Waals surface area contributed by atoms with E-state index in [1.165, 1.54) is 29.7 Å². The maximum atomic E-state index is 13.6. The molecule has 28 heavy (non-hydrogen) atoms. The Balaban J connectivity index is 1.60. The molecule has 0 bridgehead atoms. The second-order valence-electron chi connectivity index (χ2n) is 6.32. The fourth-order valence-electron chi connectivity index (χ4n) is 2.66. The lowest BCUT2D eigenvalue weighted by atomic mass is 10.2. The summed E-state index contributed by atoms with van der Waals surface area (Å²) in [7, 11) is 0. The number of hydrogen-bond donors (Lipinski definition) is 1. The minimum absolute atomic E-state index is 0.201. The van der Waals surface area contributed by atoms with Crippen molar-refractivity contribution in [1.82, 2.24) is 0 Å². The molecule has 0 aliphatic carbocycles. The summed E-state index contributed by atoms with van der Waals surface area (Å²) in [5.41, 5.74) is 1.38. The topological polar surface area (TPSA) is 75.7 Å². The Bertz CT molecular complexity index is 934. The normalized spacial score (nSPS) is 14.2. The van der Waals surface area contributed by atoms with Crippen LogP contribution in [0.5, 0.6) is 0 Å². The molecule has 0 aromatic heterocycles. The molecular weight excluding hydrogens is 383 g/mol. The van der Waals surface area contributed by atoms with Crippen LogP contribution in [0.25, 0.3) is 0 Å². The van der Waals surface area contributed by atoms with Gasteiger partial charge in [-0.2, -0.15) is 0 Å². The maximum absolute atomic E-state index is 13.6. The molecule has 1 atom stereocenters. The number of para-hydroxylation sites is 1. The number of rotatable bonds is 5. The van der Waals surface area contributed by atoms with Crippen molar-refractivity contribution in [1.29, 1.82) is 0 Å². The Morgan fingerprint density at radius 2 is 2.04 bits per heavy atom. The van der Waals surface area contributed by atoms with Crippen molar-refractivity contribution < 1.29 is 23.5 Å². The third kappa shape index (κ3) is 4.51. The van der Waals surface area contributed by atoms with E-state index in [4.69, 9.17) is 4.74 Å². The number of carbonyl (C=O) groups excluding carboxylic acids is 3. The van der Waals surface area contributed by atoms with Crippen LogP contribution in [0.15, 0.2) is 47.4 Å². The second kappa shape index (κ2) is 8.43. The quantitative estimate of drug-likeness (QED) is 0.778. The zero-order valence-corrected chi connectivity index (χ0v) is 16.2. The Kier molecular flexibility index (Phi) is 5.99. The number of nitrogens with one attached hydrogen (secondary N) is 1. The minimum Gasteiger partial charge on any atom is -0.451 e. The highest BCUT2D eigenvalue weighted by molar-refractivity contribution is 8.00. The number of thioether (sulfide) groups is 1. The van der Waals surface area contributed by atoms with Gasteiger partial charge in [0.25, 0.3) is 5.91 Å². The zero-order valence-electron chi connectivity index (χ0n) is 15.4. The van der Waals surface area contributed by atoms with Crippen LogP contribution in [0.3, 0.4) is 0 Å². The van der Waals surface area contributed by atoms with Crippen LogP contribution < -0.4 is 10.2 Å². The third-order valence-electron chi connectivity index (χ3n) is 4.21. The Hall–Kier alpha value is -2.87. The number of carbonyl (C=O) groups is 3. The molecule has 8 heteroatoms. The molecule has 0 radical (unpaired) electrons. The molecule has 0 saturated heterocycles. The summed E-state index contributed by atoms with van der Waals surface area (Å²) in [5.74, 6) is -1.69. The highest BCUT2D eigenvalue weighted by atomic mass is 32.2. The Morgan fingerprint density at radius 1 is 1.29 bits per heavy atom. The van der Waals surface area contributed by atoms with Crippen molar-refractivity contribution in [3.05, 3.63) is 53.8 Å². The molecule has 1 heterocycles. The van der Waals surface area contributed by atoms with Crippen molar-refractivity contribution in [3.63, 3.8) is 0 Å². The van der Waals surface area contributed by atoms with E-state index >= 15 is 0 Å². The largest absolute Gasteiger partial charge is 0.451 e. The van der Waals surface area contributed by atoms with Gasteiger partial charge in [0.05, 0.1) is 11.4 Å². The number of nitrogens with zero attached hydrogens (tertiary/aromatic N) is 1. The first-order valence-corrected chi connectivity index (χ1v) is 9.62. The summed E-state index contributed by atoms with van der Waals surface area (Å²) in [4.78, 5) is 38.9. The number of hydrogen-bond acceptors (Lipinski definition) is 5. The SMILES string of the molecule is Cc1ccc(NC(=O)[C@H](C)OC(=O)CN2C(=O)CSc3ccccc32)cc1F. The average Bonchev–Trinajstić information content (AvgIpc) is 2.67. The first-order chi connectivity index (χ1) is 13.3. The molecule has 1 N–H and O–H groups in total. The van der Waals surface area contributed by atoms with Crippen molar-refractivity contribution in [2.75, 3.05) is 22.5 Å². The molecule has 1 aliphatic rings. The molecule has 3 rings (SSSR count). The number of halogens is 1. The van der Waals surface area contributed by atoms with Crippen LogP contribution >= 0.6 is 11.8 Å². The van der Waals surface area contributed by atoms with Gasteiger partial charge in [0.2, 0.25) is 5.91 Å². The molecule has 2 aromatic carbocycles. The number of esters is 1. The highest BCUT2D eigenvalue weighted by Gasteiger charge is 2.28. The first-order valence-electron chi connectivity index (χ1n) is 8.64. The van der Waals surface area contributed by atoms with Gasteiger partial charge < -0.3 is 10.1 Å². The van der Waals surface area contributed by atoms with E-state index in [1.807, 2.05) is 12.1 Å². The molecule has 6 nitrogen and oxygen atoms in total. The monoisotopic (exact) mass is 402 g/mol. The molecule has 0 fully saturated rings. The van der Waals surface area contributed by atoms with Gasteiger partial charge in [-0.25, -0.2) is 4.39 Å². The van der Waals surface area contributed by atoms with E-state index < -0.39 is 23.8 Å². The average molecular weight is 402 g/mol. The van der Waals surface area contributed by atoms with Crippen molar-refractivity contribution in [2.24, 2.45) is 0 Å². The van der Waals surface area contributed by atoms with Gasteiger partial charge in [0.1, 0.15) is 12.4 Å². The number of anilines is 2. The van der Waals surface area contributed by atoms with E-state index in [9.17, 15) is 18.8 Å². The van der Waals surface area contributed by atoms with E-state index in [2.05, 4.69) is 5.32 Å². The summed E-state index contributed by atoms with van der Waals surface area (Å²) < 4.78 is 18.7. The Labute approximate surface area is 166 Å². The number of fused-ring (bicyclic) bond motifs is 1. The molecule has 2 aromatic rings. The van der Waals surface area contributed by atoms with Crippen LogP contribution in [0.2, 0.25) is 0 Å². The standard InChI is InChI=1S/C20H19FN2O4S/c1-12-7-8-14(9-15(12)21)22-20(26)13(2)27-19(25)10-23-16-5-3-4-6-17(16)28-11-18(23)24/h3-9,13H,10-11H2,1-2H3,(H,22,26)/t13-/m0/s1. The van der Waals surface area contributed by atoms with Gasteiger partial charge >= 0.3 is 5.97 Å². The van der Waals surface area contributed by atoms with Crippen LogP contribution in [-0.2, 0) is 19.1 Å². The van der Waals surface area contributed by atoms with Crippen LogP contribution in [0.4, 0.5) is 15.8 Å². The van der Waals surface area contributed by atoms with Crippen LogP contribution in [0.1, 0.15) is 12.5 Å². The van der Waals surface area contributed by atoms with Crippen molar-refractivity contribution in [2.45, 2.75) is 24.8 Å². The summed E-state index contributed by atoms with van der Waals surface area (Å²) in [6.07, 6.45) is -1.10. The van der Waals surface area contributed by atoms with Crippen molar-refractivity contribution in [3.8, 4) is 0 Å². The second-order valence-corrected chi connectivity index (χ2v) is 7.34. The lowest BCUT2D eigenvalue weighted by molar-refractivity contribution is -0.152. The van der Waals surface area contributed by atoms with Crippen molar-refractivity contribution >= 4 is 40.9 Å². The molecule has 1 aliphatic heterocycles. The summed E-state index contributed by atoms with van der Waals surface area (Å²) >= 11 is 1.41. The predicted molar refractivity (Wildman–Crippen MR) is 105 cm³/mol. The summed E-state index contributed by atoms with van der Waals surface area (Å²) in [6.45, 7) is 2.75. The fraction of sp³-hybridized carbons (Fsp3) is 0.250. The lowest BCUT2D eigenvalue weighted by Gasteiger charge is -2.28. The van der Waals surface area contributed by atoms with Gasteiger partial charge in [-0.05, 0) is 43.7 Å². The number of amides is 2. The van der Waals surface area contributed by atoms with Gasteiger partial charge in [-0.15, -0.1) is 11.8 Å². The summed E-state index contributed by atoms with van der Waals surface area (Å²) in [5, 5.41) is 2.50. The van der Waals surface area contributed by atoms with Gasteiger partial charge in [-0.3, -0.25) is 19.3 Å². The van der Waals surface area contributed by atoms with Gasteiger partial charge in [-0.1, -0.05) is 18.2 Å². The van der Waals surface area contributed by atoms with E-state index in [-0.39, 0.29) is 23.9 Å². The van der Waals surface area contributed by atoms with Crippen LogP contribution in [0, 0.1) is 12.7 Å². The molecule has 0 unspecified atom stereocenters. The molecule has 0 spiro atoms. The Morgan fingerprint density at radius 3 is 2.79 bits per heavy atom. The van der Waals surface area contributed by atoms with Gasteiger partial charge in [0.15, 0.2) is 6.10 Å². The fourth-order valence-corrected chi connectivity index (χ4v) is 3.59. The molecular formula is C20H19FN2O4S. The maximum Gasteiger partial charge on any atom is 0.326 e. The minimum atomic E-state index is -1.10. The number of ether oxygens (including phenoxy) is 1. The third-order valence-corrected chi connectivity index (χ3v) is 5.26. The summed E-state index contributed by atoms with van der Waals surface area (Å²) in [6, 6.07) is 11.6. The zero-order chi connectivity index (χ0) is 20.3. The molecule has 2 amide bonds. The lowest BCUT2D eigenvalue weighted by Crippen LogP contribution is -2.41. The molecule has 146 valence electrons. The first kappa shape index (κ1) is 19.9. The van der Waals surface area contributed by atoms with Crippen LogP contribution in [-0.4, -0.2) is 36.2 Å². The molecule has 0 saturated carbocycles. The smallest absolute Gasteiger partial charge is 0.326 e. The van der Waals surface area contributed by atoms with E-state index in [0.29, 0.717) is 11.3 Å². The highest BCUT2D eigenvalue weighted by Crippen LogP contribution is 2.34. The number of benzene rings is 2. The predicted octanol–water partition coefficient (Wildman–Crippen LogP) is 3.14.